The lowest BCUT2D eigenvalue weighted by molar-refractivity contribution is -0.153. The number of carbonyl (C=O) groups is 2. The highest BCUT2D eigenvalue weighted by molar-refractivity contribution is 7.93. The van der Waals surface area contributed by atoms with Crippen LogP contribution in [0, 0.1) is 5.41 Å². The number of likely N-dealkylation sites (tertiary alicyclic amines) is 1. The van der Waals surface area contributed by atoms with E-state index in [0.717, 1.165) is 11.3 Å². The smallest absolute Gasteiger partial charge is 0.319 e. The zero-order chi connectivity index (χ0) is 18.5. The first-order chi connectivity index (χ1) is 12.4. The Bertz CT molecular complexity index is 862. The van der Waals surface area contributed by atoms with E-state index in [9.17, 15) is 23.1 Å². The third-order valence-corrected chi connectivity index (χ3v) is 8.03. The third-order valence-electron chi connectivity index (χ3n) is 5.81. The minimum absolute atomic E-state index is 0.0782. The van der Waals surface area contributed by atoms with Crippen molar-refractivity contribution in [1.29, 1.82) is 0 Å². The molecule has 1 aliphatic carbocycles. The quantitative estimate of drug-likeness (QED) is 0.796. The summed E-state index contributed by atoms with van der Waals surface area (Å²) in [5, 5.41) is 8.65. The fraction of sp³-hybridized carbons (Fsp3) is 0.556. The van der Waals surface area contributed by atoms with E-state index in [-0.39, 0.29) is 6.54 Å². The largest absolute Gasteiger partial charge is 0.480 e. The van der Waals surface area contributed by atoms with Crippen molar-refractivity contribution in [1.82, 2.24) is 4.90 Å². The van der Waals surface area contributed by atoms with Crippen LogP contribution in [0.3, 0.4) is 0 Å². The monoisotopic (exact) mass is 378 g/mol. The minimum Gasteiger partial charge on any atom is -0.480 e. The molecule has 1 unspecified atom stereocenters. The number of carboxylic acids is 1. The SMILES string of the molecule is O=C(O)C1(C(=O)N2CCCC(S(=O)(=O)N3CCc4ccccc43)C2)CC1. The van der Waals surface area contributed by atoms with Crippen molar-refractivity contribution in [2.45, 2.75) is 37.4 Å². The topological polar surface area (TPSA) is 95.0 Å². The van der Waals surface area contributed by atoms with Gasteiger partial charge in [-0.3, -0.25) is 13.9 Å². The maximum absolute atomic E-state index is 13.2. The normalized spacial score (nSPS) is 24.2. The van der Waals surface area contributed by atoms with Crippen molar-refractivity contribution in [3.8, 4) is 0 Å². The highest BCUT2D eigenvalue weighted by atomic mass is 32.2. The summed E-state index contributed by atoms with van der Waals surface area (Å²) in [6, 6.07) is 7.48. The second-order valence-electron chi connectivity index (χ2n) is 7.40. The summed E-state index contributed by atoms with van der Waals surface area (Å²) in [4.78, 5) is 25.5. The van der Waals surface area contributed by atoms with Gasteiger partial charge in [0.05, 0.1) is 10.9 Å². The summed E-state index contributed by atoms with van der Waals surface area (Å²) in [5.74, 6) is -1.52. The number of rotatable bonds is 4. The Balaban J connectivity index is 1.55. The van der Waals surface area contributed by atoms with Crippen molar-refractivity contribution in [3.05, 3.63) is 29.8 Å². The first-order valence-electron chi connectivity index (χ1n) is 8.98. The molecule has 1 aromatic carbocycles. The van der Waals surface area contributed by atoms with Crippen molar-refractivity contribution in [2.24, 2.45) is 5.41 Å². The molecule has 1 aromatic rings. The number of aliphatic carboxylic acids is 1. The molecule has 0 bridgehead atoms. The number of fused-ring (bicyclic) bond motifs is 1. The lowest BCUT2D eigenvalue weighted by atomic mass is 10.0. The van der Waals surface area contributed by atoms with Crippen LogP contribution in [0.5, 0.6) is 0 Å². The number of carboxylic acid groups (broad SMARTS) is 1. The molecule has 1 amide bonds. The number of para-hydroxylation sites is 1. The number of amides is 1. The van der Waals surface area contributed by atoms with Crippen LogP contribution in [0.1, 0.15) is 31.2 Å². The van der Waals surface area contributed by atoms with Crippen molar-refractivity contribution >= 4 is 27.6 Å². The van der Waals surface area contributed by atoms with Crippen LogP contribution in [0.4, 0.5) is 5.69 Å². The molecule has 2 heterocycles. The third kappa shape index (κ3) is 2.58. The maximum Gasteiger partial charge on any atom is 0.319 e. The number of anilines is 1. The van der Waals surface area contributed by atoms with Crippen LogP contribution >= 0.6 is 0 Å². The number of hydrogen-bond donors (Lipinski definition) is 1. The molecule has 0 aromatic heterocycles. The van der Waals surface area contributed by atoms with Gasteiger partial charge in [-0.15, -0.1) is 0 Å². The summed E-state index contributed by atoms with van der Waals surface area (Å²) in [5.41, 5.74) is 0.425. The Labute approximate surface area is 152 Å². The lowest BCUT2D eigenvalue weighted by Gasteiger charge is -2.36. The molecular formula is C18H22N2O5S. The lowest BCUT2D eigenvalue weighted by Crippen LogP contribution is -2.52. The zero-order valence-corrected chi connectivity index (χ0v) is 15.2. The van der Waals surface area contributed by atoms with Gasteiger partial charge in [-0.05, 0) is 43.7 Å². The van der Waals surface area contributed by atoms with E-state index in [0.29, 0.717) is 45.2 Å². The Morgan fingerprint density at radius 2 is 1.88 bits per heavy atom. The molecule has 26 heavy (non-hydrogen) atoms. The molecule has 8 heteroatoms. The second-order valence-corrected chi connectivity index (χ2v) is 9.54. The van der Waals surface area contributed by atoms with Crippen LogP contribution in [-0.4, -0.2) is 55.2 Å². The Kier molecular flexibility index (Phi) is 3.98. The Morgan fingerprint density at radius 3 is 2.58 bits per heavy atom. The highest BCUT2D eigenvalue weighted by Crippen LogP contribution is 2.48. The zero-order valence-electron chi connectivity index (χ0n) is 14.4. The number of piperidine rings is 1. The Hall–Kier alpha value is -2.09. The van der Waals surface area contributed by atoms with Crippen LogP contribution < -0.4 is 4.31 Å². The fourth-order valence-electron chi connectivity index (χ4n) is 4.06. The van der Waals surface area contributed by atoms with Crippen LogP contribution in [0.2, 0.25) is 0 Å². The van der Waals surface area contributed by atoms with Crippen molar-refractivity contribution in [2.75, 3.05) is 23.9 Å². The van der Waals surface area contributed by atoms with E-state index >= 15 is 0 Å². The molecule has 7 nitrogen and oxygen atoms in total. The van der Waals surface area contributed by atoms with Gasteiger partial charge in [-0.2, -0.15) is 0 Å². The van der Waals surface area contributed by atoms with Gasteiger partial charge in [0.25, 0.3) is 0 Å². The Morgan fingerprint density at radius 1 is 1.15 bits per heavy atom. The number of nitrogens with zero attached hydrogens (tertiary/aromatic N) is 2. The van der Waals surface area contributed by atoms with Gasteiger partial charge < -0.3 is 10.0 Å². The molecule has 2 fully saturated rings. The molecular weight excluding hydrogens is 356 g/mol. The summed E-state index contributed by atoms with van der Waals surface area (Å²) in [6.07, 6.45) is 2.43. The summed E-state index contributed by atoms with van der Waals surface area (Å²) >= 11 is 0. The standard InChI is InChI=1S/C18H22N2O5S/c21-16(18(8-9-18)17(22)23)19-10-3-5-14(12-19)26(24,25)20-11-7-13-4-1-2-6-15(13)20/h1-2,4,6,14H,3,5,7-12H2,(H,22,23). The fourth-order valence-corrected chi connectivity index (χ4v) is 6.06. The summed E-state index contributed by atoms with van der Waals surface area (Å²) in [6.45, 7) is 0.927. The van der Waals surface area contributed by atoms with Crippen LogP contribution in [0.15, 0.2) is 24.3 Å². The molecule has 1 saturated heterocycles. The predicted octanol–water partition coefficient (Wildman–Crippen LogP) is 1.23. The van der Waals surface area contributed by atoms with Crippen LogP contribution in [-0.2, 0) is 26.0 Å². The number of carbonyl (C=O) groups excluding carboxylic acids is 1. The highest BCUT2D eigenvalue weighted by Gasteiger charge is 2.59. The molecule has 0 radical (unpaired) electrons. The van der Waals surface area contributed by atoms with E-state index in [1.807, 2.05) is 24.3 Å². The van der Waals surface area contributed by atoms with E-state index in [1.54, 1.807) is 0 Å². The number of sulfonamides is 1. The van der Waals surface area contributed by atoms with E-state index in [2.05, 4.69) is 0 Å². The molecule has 1 atom stereocenters. The van der Waals surface area contributed by atoms with Gasteiger partial charge in [-0.25, -0.2) is 8.42 Å². The van der Waals surface area contributed by atoms with Crippen molar-refractivity contribution in [3.63, 3.8) is 0 Å². The second kappa shape index (κ2) is 5.97. The van der Waals surface area contributed by atoms with Gasteiger partial charge in [0.1, 0.15) is 5.41 Å². The first kappa shape index (κ1) is 17.3. The molecule has 0 spiro atoms. The molecule has 4 rings (SSSR count). The minimum atomic E-state index is -3.59. The van der Waals surface area contributed by atoms with Gasteiger partial charge >= 0.3 is 5.97 Å². The molecule has 140 valence electrons. The summed E-state index contributed by atoms with van der Waals surface area (Å²) in [7, 11) is -3.59. The first-order valence-corrected chi connectivity index (χ1v) is 10.5. The molecule has 3 aliphatic rings. The average molecular weight is 378 g/mol. The van der Waals surface area contributed by atoms with E-state index in [4.69, 9.17) is 0 Å². The molecule has 1 saturated carbocycles. The van der Waals surface area contributed by atoms with Crippen molar-refractivity contribution < 1.29 is 23.1 Å². The maximum atomic E-state index is 13.2. The van der Waals surface area contributed by atoms with E-state index in [1.165, 1.54) is 9.21 Å². The molecule has 1 N–H and O–H groups in total. The number of benzene rings is 1. The van der Waals surface area contributed by atoms with Crippen LogP contribution in [0.25, 0.3) is 0 Å². The van der Waals surface area contributed by atoms with Gasteiger partial charge in [0.15, 0.2) is 0 Å². The average Bonchev–Trinajstić information content (AvgIpc) is 3.34. The van der Waals surface area contributed by atoms with Gasteiger partial charge in [0, 0.05) is 19.6 Å². The van der Waals surface area contributed by atoms with Gasteiger partial charge in [0.2, 0.25) is 15.9 Å². The number of hydrogen-bond acceptors (Lipinski definition) is 4. The van der Waals surface area contributed by atoms with Gasteiger partial charge in [-0.1, -0.05) is 18.2 Å². The van der Waals surface area contributed by atoms with E-state index < -0.39 is 32.6 Å². The molecule has 2 aliphatic heterocycles. The summed E-state index contributed by atoms with van der Waals surface area (Å²) < 4.78 is 27.8. The predicted molar refractivity (Wildman–Crippen MR) is 95.3 cm³/mol.